The summed E-state index contributed by atoms with van der Waals surface area (Å²) in [6, 6.07) is 8.73. The molecule has 3 rings (SSSR count). The molecule has 1 aromatic carbocycles. The van der Waals surface area contributed by atoms with Gasteiger partial charge in [-0.3, -0.25) is 0 Å². The molecule has 1 unspecified atom stereocenters. The first kappa shape index (κ1) is 13.6. The molecule has 1 atom stereocenters. The molecule has 106 valence electrons. The molecule has 1 aliphatic heterocycles. The van der Waals surface area contributed by atoms with E-state index in [9.17, 15) is 0 Å². The van der Waals surface area contributed by atoms with Gasteiger partial charge in [0, 0.05) is 18.0 Å². The first-order valence-corrected chi connectivity index (χ1v) is 7.86. The molecule has 0 N–H and O–H groups in total. The van der Waals surface area contributed by atoms with Gasteiger partial charge < -0.3 is 4.90 Å². The number of para-hydroxylation sites is 1. The van der Waals surface area contributed by atoms with Crippen LogP contribution in [0.15, 0.2) is 24.3 Å². The van der Waals surface area contributed by atoms with E-state index >= 15 is 0 Å². The molecular formula is C16H20ClN3. The molecule has 2 aromatic rings. The molecule has 1 saturated heterocycles. The second kappa shape index (κ2) is 5.96. The Morgan fingerprint density at radius 2 is 2.10 bits per heavy atom. The van der Waals surface area contributed by atoms with Gasteiger partial charge in [-0.05, 0) is 49.4 Å². The van der Waals surface area contributed by atoms with Crippen LogP contribution in [0.25, 0.3) is 10.9 Å². The lowest BCUT2D eigenvalue weighted by molar-refractivity contribution is 0.433. The third-order valence-electron chi connectivity index (χ3n) is 4.08. The van der Waals surface area contributed by atoms with Crippen LogP contribution in [0.5, 0.6) is 0 Å². The van der Waals surface area contributed by atoms with Crippen molar-refractivity contribution in [2.24, 2.45) is 0 Å². The summed E-state index contributed by atoms with van der Waals surface area (Å²) in [5.74, 6) is 1.01. The van der Waals surface area contributed by atoms with Crippen molar-refractivity contribution in [1.29, 1.82) is 0 Å². The second-order valence-corrected chi connectivity index (χ2v) is 5.80. The van der Waals surface area contributed by atoms with Crippen LogP contribution >= 0.6 is 11.6 Å². The molecular weight excluding hydrogens is 270 g/mol. The summed E-state index contributed by atoms with van der Waals surface area (Å²) in [5, 5.41) is 1.46. The molecule has 1 fully saturated rings. The fraction of sp³-hybridized carbons (Fsp3) is 0.500. The van der Waals surface area contributed by atoms with E-state index < -0.39 is 0 Å². The maximum atomic E-state index is 6.12. The number of piperidine rings is 1. The number of nitrogens with zero attached hydrogens (tertiary/aromatic N) is 3. The van der Waals surface area contributed by atoms with E-state index in [1.54, 1.807) is 0 Å². The Balaban J connectivity index is 2.07. The van der Waals surface area contributed by atoms with E-state index in [4.69, 9.17) is 11.6 Å². The van der Waals surface area contributed by atoms with Gasteiger partial charge in [-0.1, -0.05) is 25.5 Å². The van der Waals surface area contributed by atoms with Gasteiger partial charge in [-0.2, -0.15) is 4.98 Å². The minimum absolute atomic E-state index is 0.347. The van der Waals surface area contributed by atoms with E-state index in [1.807, 2.05) is 18.2 Å². The number of hydrogen-bond acceptors (Lipinski definition) is 3. The Morgan fingerprint density at radius 1 is 1.25 bits per heavy atom. The maximum absolute atomic E-state index is 6.12. The highest BCUT2D eigenvalue weighted by Crippen LogP contribution is 2.31. The predicted molar refractivity (Wildman–Crippen MR) is 84.4 cm³/mol. The summed E-state index contributed by atoms with van der Waals surface area (Å²) in [6.07, 6.45) is 6.23. The van der Waals surface area contributed by atoms with Crippen LogP contribution in [0.2, 0.25) is 5.28 Å². The summed E-state index contributed by atoms with van der Waals surface area (Å²) < 4.78 is 0. The first-order valence-electron chi connectivity index (χ1n) is 7.48. The smallest absolute Gasteiger partial charge is 0.224 e. The van der Waals surface area contributed by atoms with E-state index in [0.29, 0.717) is 11.3 Å². The number of aromatic nitrogens is 2. The van der Waals surface area contributed by atoms with Crippen molar-refractivity contribution in [2.45, 2.75) is 45.1 Å². The van der Waals surface area contributed by atoms with Crippen LogP contribution in [0, 0.1) is 0 Å². The summed E-state index contributed by atoms with van der Waals surface area (Å²) in [7, 11) is 0. The van der Waals surface area contributed by atoms with Crippen molar-refractivity contribution in [3.63, 3.8) is 0 Å². The normalized spacial score (nSPS) is 19.5. The quantitative estimate of drug-likeness (QED) is 0.782. The molecule has 4 heteroatoms. The van der Waals surface area contributed by atoms with Crippen LogP contribution < -0.4 is 4.90 Å². The minimum atomic E-state index is 0.347. The van der Waals surface area contributed by atoms with Crippen molar-refractivity contribution < 1.29 is 0 Å². The van der Waals surface area contributed by atoms with E-state index in [1.165, 1.54) is 32.1 Å². The first-order chi connectivity index (χ1) is 9.79. The van der Waals surface area contributed by atoms with Crippen molar-refractivity contribution in [2.75, 3.05) is 11.4 Å². The lowest BCUT2D eigenvalue weighted by Gasteiger charge is -2.37. The Hall–Kier alpha value is -1.35. The topological polar surface area (TPSA) is 29.0 Å². The van der Waals surface area contributed by atoms with Gasteiger partial charge in [-0.25, -0.2) is 4.98 Å². The highest BCUT2D eigenvalue weighted by Gasteiger charge is 2.24. The van der Waals surface area contributed by atoms with Crippen molar-refractivity contribution in [3.05, 3.63) is 29.5 Å². The standard InChI is InChI=1S/C16H20ClN3/c1-2-7-12-8-5-6-11-20(12)15-13-9-3-4-10-14(13)18-16(17)19-15/h3-4,9-10,12H,2,5-8,11H2,1H3. The summed E-state index contributed by atoms with van der Waals surface area (Å²) in [5.41, 5.74) is 0.934. The molecule has 1 aliphatic rings. The molecule has 3 nitrogen and oxygen atoms in total. The molecule has 0 aliphatic carbocycles. The highest BCUT2D eigenvalue weighted by atomic mass is 35.5. The Bertz CT molecular complexity index is 597. The molecule has 1 aromatic heterocycles. The molecule has 20 heavy (non-hydrogen) atoms. The Labute approximate surface area is 125 Å². The molecule has 0 radical (unpaired) electrons. The lowest BCUT2D eigenvalue weighted by Crippen LogP contribution is -2.40. The van der Waals surface area contributed by atoms with Crippen LogP contribution in [-0.2, 0) is 0 Å². The van der Waals surface area contributed by atoms with E-state index in [-0.39, 0.29) is 0 Å². The average molecular weight is 290 g/mol. The van der Waals surface area contributed by atoms with E-state index in [2.05, 4.69) is 27.9 Å². The zero-order valence-electron chi connectivity index (χ0n) is 11.8. The Kier molecular flexibility index (Phi) is 4.06. The molecule has 0 amide bonds. The van der Waals surface area contributed by atoms with Crippen LogP contribution in [0.4, 0.5) is 5.82 Å². The number of fused-ring (bicyclic) bond motifs is 1. The predicted octanol–water partition coefficient (Wildman–Crippen LogP) is 4.44. The van der Waals surface area contributed by atoms with E-state index in [0.717, 1.165) is 23.3 Å². The number of anilines is 1. The fourth-order valence-corrected chi connectivity index (χ4v) is 3.34. The van der Waals surface area contributed by atoms with Gasteiger partial charge in [0.1, 0.15) is 5.82 Å². The molecule has 0 bridgehead atoms. The average Bonchev–Trinajstić information content (AvgIpc) is 2.47. The zero-order chi connectivity index (χ0) is 13.9. The number of halogens is 1. The SMILES string of the molecule is CCCC1CCCCN1c1nc(Cl)nc2ccccc12. The summed E-state index contributed by atoms with van der Waals surface area (Å²) in [6.45, 7) is 3.32. The molecule has 0 spiro atoms. The van der Waals surface area contributed by atoms with Gasteiger partial charge in [0.05, 0.1) is 5.52 Å². The number of benzene rings is 1. The maximum Gasteiger partial charge on any atom is 0.224 e. The number of rotatable bonds is 3. The summed E-state index contributed by atoms with van der Waals surface area (Å²) in [4.78, 5) is 11.3. The number of hydrogen-bond donors (Lipinski definition) is 0. The van der Waals surface area contributed by atoms with Gasteiger partial charge in [-0.15, -0.1) is 0 Å². The fourth-order valence-electron chi connectivity index (χ4n) is 3.16. The van der Waals surface area contributed by atoms with Crippen molar-refractivity contribution in [1.82, 2.24) is 9.97 Å². The highest BCUT2D eigenvalue weighted by molar-refractivity contribution is 6.28. The zero-order valence-corrected chi connectivity index (χ0v) is 12.6. The lowest BCUT2D eigenvalue weighted by atomic mass is 9.98. The van der Waals surface area contributed by atoms with Gasteiger partial charge in [0.25, 0.3) is 0 Å². The van der Waals surface area contributed by atoms with Crippen LogP contribution in [0.1, 0.15) is 39.0 Å². The van der Waals surface area contributed by atoms with Crippen molar-refractivity contribution >= 4 is 28.3 Å². The van der Waals surface area contributed by atoms with Crippen LogP contribution in [0.3, 0.4) is 0 Å². The van der Waals surface area contributed by atoms with Gasteiger partial charge in [0.2, 0.25) is 5.28 Å². The Morgan fingerprint density at radius 3 is 2.95 bits per heavy atom. The molecule has 0 saturated carbocycles. The second-order valence-electron chi connectivity index (χ2n) is 5.47. The third kappa shape index (κ3) is 2.59. The third-order valence-corrected chi connectivity index (χ3v) is 4.25. The van der Waals surface area contributed by atoms with Crippen molar-refractivity contribution in [3.8, 4) is 0 Å². The monoisotopic (exact) mass is 289 g/mol. The summed E-state index contributed by atoms with van der Waals surface area (Å²) >= 11 is 6.12. The minimum Gasteiger partial charge on any atom is -0.353 e. The van der Waals surface area contributed by atoms with Gasteiger partial charge >= 0.3 is 0 Å². The molecule has 2 heterocycles. The van der Waals surface area contributed by atoms with Crippen LogP contribution in [-0.4, -0.2) is 22.6 Å². The largest absolute Gasteiger partial charge is 0.353 e. The van der Waals surface area contributed by atoms with Gasteiger partial charge in [0.15, 0.2) is 0 Å².